The minimum Gasteiger partial charge on any atom is -0.327 e. The molecule has 21 heavy (non-hydrogen) atoms. The number of benzene rings is 1. The molecule has 1 atom stereocenters. The Morgan fingerprint density at radius 2 is 2.10 bits per heavy atom. The molecule has 1 aromatic rings. The van der Waals surface area contributed by atoms with Crippen LogP contribution in [0.15, 0.2) is 24.3 Å². The zero-order valence-electron chi connectivity index (χ0n) is 13.1. The number of piperidine rings is 1. The van der Waals surface area contributed by atoms with E-state index in [-0.39, 0.29) is 29.8 Å². The van der Waals surface area contributed by atoms with E-state index >= 15 is 0 Å². The molecule has 1 heterocycles. The fourth-order valence-corrected chi connectivity index (χ4v) is 2.83. The summed E-state index contributed by atoms with van der Waals surface area (Å²) in [6.07, 6.45) is 1.02. The van der Waals surface area contributed by atoms with Gasteiger partial charge in [-0.1, -0.05) is 32.0 Å². The minimum atomic E-state index is -0.0292. The molecule has 0 radical (unpaired) electrons. The van der Waals surface area contributed by atoms with Crippen molar-refractivity contribution < 1.29 is 4.79 Å². The van der Waals surface area contributed by atoms with Gasteiger partial charge in [0.25, 0.3) is 0 Å². The summed E-state index contributed by atoms with van der Waals surface area (Å²) in [5.41, 5.74) is 8.39. The van der Waals surface area contributed by atoms with E-state index in [1.807, 2.05) is 18.2 Å². The Kier molecular flexibility index (Phi) is 6.20. The van der Waals surface area contributed by atoms with Gasteiger partial charge < -0.3 is 11.1 Å². The van der Waals surface area contributed by atoms with E-state index < -0.39 is 0 Å². The van der Waals surface area contributed by atoms with E-state index in [2.05, 4.69) is 30.1 Å². The number of para-hydroxylation sites is 1. The SMILES string of the molecule is CC(=O)Nc1ccccc1CN1CCC(N)C(C)(C)C1.Cl. The summed E-state index contributed by atoms with van der Waals surface area (Å²) in [5, 5.41) is 2.90. The van der Waals surface area contributed by atoms with E-state index in [1.165, 1.54) is 0 Å². The van der Waals surface area contributed by atoms with Gasteiger partial charge in [0.15, 0.2) is 0 Å². The van der Waals surface area contributed by atoms with Crippen LogP contribution in [0.3, 0.4) is 0 Å². The highest BCUT2D eigenvalue weighted by atomic mass is 35.5. The van der Waals surface area contributed by atoms with Gasteiger partial charge in [0.1, 0.15) is 0 Å². The van der Waals surface area contributed by atoms with Crippen LogP contribution in [0.5, 0.6) is 0 Å². The molecule has 1 aliphatic rings. The van der Waals surface area contributed by atoms with E-state index in [0.717, 1.165) is 37.3 Å². The summed E-state index contributed by atoms with van der Waals surface area (Å²) in [5.74, 6) is -0.0292. The number of amides is 1. The highest BCUT2D eigenvalue weighted by Gasteiger charge is 2.33. The topological polar surface area (TPSA) is 58.4 Å². The third-order valence-corrected chi connectivity index (χ3v) is 4.11. The van der Waals surface area contributed by atoms with Crippen molar-refractivity contribution in [3.8, 4) is 0 Å². The van der Waals surface area contributed by atoms with Crippen LogP contribution in [0.2, 0.25) is 0 Å². The first-order valence-corrected chi connectivity index (χ1v) is 7.22. The molecular weight excluding hydrogens is 286 g/mol. The van der Waals surface area contributed by atoms with Gasteiger partial charge in [-0.2, -0.15) is 0 Å². The second-order valence-corrected chi connectivity index (χ2v) is 6.43. The van der Waals surface area contributed by atoms with Crippen molar-refractivity contribution in [1.82, 2.24) is 4.90 Å². The van der Waals surface area contributed by atoms with Crippen molar-refractivity contribution in [3.63, 3.8) is 0 Å². The highest BCUT2D eigenvalue weighted by molar-refractivity contribution is 5.89. The Balaban J connectivity index is 0.00000220. The van der Waals surface area contributed by atoms with E-state index in [4.69, 9.17) is 5.73 Å². The van der Waals surface area contributed by atoms with Crippen molar-refractivity contribution in [2.75, 3.05) is 18.4 Å². The predicted molar refractivity (Wildman–Crippen MR) is 89.6 cm³/mol. The molecule has 1 unspecified atom stereocenters. The normalized spacial score (nSPS) is 21.4. The van der Waals surface area contributed by atoms with Crippen LogP contribution >= 0.6 is 12.4 Å². The average Bonchev–Trinajstić information content (AvgIpc) is 2.35. The molecule has 0 saturated carbocycles. The molecule has 0 aromatic heterocycles. The number of carbonyl (C=O) groups is 1. The van der Waals surface area contributed by atoms with Crippen molar-refractivity contribution in [2.45, 2.75) is 39.8 Å². The molecule has 1 fully saturated rings. The standard InChI is InChI=1S/C16H25N3O.ClH/c1-12(20)18-14-7-5-4-6-13(14)10-19-9-8-15(17)16(2,3)11-19;/h4-7,15H,8-11,17H2,1-3H3,(H,18,20);1H. The lowest BCUT2D eigenvalue weighted by atomic mass is 9.79. The lowest BCUT2D eigenvalue weighted by Crippen LogP contribution is -2.52. The summed E-state index contributed by atoms with van der Waals surface area (Å²) >= 11 is 0. The van der Waals surface area contributed by atoms with Crippen LogP contribution in [0, 0.1) is 5.41 Å². The van der Waals surface area contributed by atoms with Crippen LogP contribution in [0.25, 0.3) is 0 Å². The average molecular weight is 312 g/mol. The van der Waals surface area contributed by atoms with Crippen molar-refractivity contribution in [1.29, 1.82) is 0 Å². The predicted octanol–water partition coefficient (Wildman–Crippen LogP) is 2.63. The molecule has 118 valence electrons. The Bertz CT molecular complexity index is 490. The van der Waals surface area contributed by atoms with Crippen LogP contribution in [-0.2, 0) is 11.3 Å². The van der Waals surface area contributed by atoms with E-state index in [1.54, 1.807) is 6.92 Å². The molecule has 3 N–H and O–H groups in total. The smallest absolute Gasteiger partial charge is 0.221 e. The molecule has 5 heteroatoms. The molecule has 1 amide bonds. The number of halogens is 1. The quantitative estimate of drug-likeness (QED) is 0.902. The molecule has 1 aromatic carbocycles. The number of carbonyl (C=O) groups excluding carboxylic acids is 1. The van der Waals surface area contributed by atoms with Gasteiger partial charge in [-0.25, -0.2) is 0 Å². The molecule has 1 saturated heterocycles. The van der Waals surface area contributed by atoms with Gasteiger partial charge in [-0.15, -0.1) is 12.4 Å². The first kappa shape index (κ1) is 18.0. The van der Waals surface area contributed by atoms with Crippen molar-refractivity contribution in [3.05, 3.63) is 29.8 Å². The third-order valence-electron chi connectivity index (χ3n) is 4.11. The first-order valence-electron chi connectivity index (χ1n) is 7.22. The maximum Gasteiger partial charge on any atom is 0.221 e. The van der Waals surface area contributed by atoms with Gasteiger partial charge >= 0.3 is 0 Å². The Labute approximate surface area is 133 Å². The zero-order valence-corrected chi connectivity index (χ0v) is 13.9. The lowest BCUT2D eigenvalue weighted by Gasteiger charge is -2.42. The lowest BCUT2D eigenvalue weighted by molar-refractivity contribution is -0.114. The van der Waals surface area contributed by atoms with Gasteiger partial charge in [-0.05, 0) is 23.5 Å². The fraction of sp³-hybridized carbons (Fsp3) is 0.562. The monoisotopic (exact) mass is 311 g/mol. The van der Waals surface area contributed by atoms with Crippen LogP contribution in [0.1, 0.15) is 32.8 Å². The summed E-state index contributed by atoms with van der Waals surface area (Å²) in [6, 6.07) is 8.26. The Hall–Kier alpha value is -1.10. The summed E-state index contributed by atoms with van der Waals surface area (Å²) in [7, 11) is 0. The summed E-state index contributed by atoms with van der Waals surface area (Å²) < 4.78 is 0. The van der Waals surface area contributed by atoms with E-state index in [0.29, 0.717) is 0 Å². The third kappa shape index (κ3) is 4.70. The second-order valence-electron chi connectivity index (χ2n) is 6.43. The number of nitrogens with one attached hydrogen (secondary N) is 1. The minimum absolute atomic E-state index is 0. The number of anilines is 1. The van der Waals surface area contributed by atoms with Gasteiger partial charge in [0, 0.05) is 38.3 Å². The first-order chi connectivity index (χ1) is 9.38. The van der Waals surface area contributed by atoms with Crippen LogP contribution in [0.4, 0.5) is 5.69 Å². The van der Waals surface area contributed by atoms with Crippen LogP contribution in [-0.4, -0.2) is 29.9 Å². The maximum absolute atomic E-state index is 11.3. The number of hydrogen-bond donors (Lipinski definition) is 2. The summed E-state index contributed by atoms with van der Waals surface area (Å²) in [6.45, 7) is 8.85. The number of nitrogens with two attached hydrogens (primary N) is 1. The number of likely N-dealkylation sites (tertiary alicyclic amines) is 1. The Morgan fingerprint density at radius 3 is 2.71 bits per heavy atom. The van der Waals surface area contributed by atoms with Crippen molar-refractivity contribution >= 4 is 24.0 Å². The number of nitrogens with zero attached hydrogens (tertiary/aromatic N) is 1. The van der Waals surface area contributed by atoms with Crippen LogP contribution < -0.4 is 11.1 Å². The largest absolute Gasteiger partial charge is 0.327 e. The number of hydrogen-bond acceptors (Lipinski definition) is 3. The molecule has 0 aliphatic carbocycles. The van der Waals surface area contributed by atoms with Crippen molar-refractivity contribution in [2.24, 2.45) is 11.1 Å². The molecule has 1 aliphatic heterocycles. The van der Waals surface area contributed by atoms with Gasteiger partial charge in [-0.3, -0.25) is 9.69 Å². The Morgan fingerprint density at radius 1 is 1.43 bits per heavy atom. The van der Waals surface area contributed by atoms with Gasteiger partial charge in [0.05, 0.1) is 0 Å². The molecule has 4 nitrogen and oxygen atoms in total. The summed E-state index contributed by atoms with van der Waals surface area (Å²) in [4.78, 5) is 13.7. The maximum atomic E-state index is 11.3. The highest BCUT2D eigenvalue weighted by Crippen LogP contribution is 2.29. The number of rotatable bonds is 3. The zero-order chi connectivity index (χ0) is 14.8. The molecular formula is C16H26ClN3O. The second kappa shape index (κ2) is 7.25. The molecule has 0 spiro atoms. The molecule has 2 rings (SSSR count). The van der Waals surface area contributed by atoms with Gasteiger partial charge in [0.2, 0.25) is 5.91 Å². The molecule has 0 bridgehead atoms. The van der Waals surface area contributed by atoms with E-state index in [9.17, 15) is 4.79 Å². The fourth-order valence-electron chi connectivity index (χ4n) is 2.83.